The van der Waals surface area contributed by atoms with Crippen LogP contribution in [-0.2, 0) is 11.3 Å². The molecule has 1 aliphatic heterocycles. The third-order valence-corrected chi connectivity index (χ3v) is 4.01. The van der Waals surface area contributed by atoms with E-state index in [-0.39, 0.29) is 5.91 Å². The van der Waals surface area contributed by atoms with Crippen molar-refractivity contribution in [1.82, 2.24) is 24.9 Å². The summed E-state index contributed by atoms with van der Waals surface area (Å²) in [4.78, 5) is 24.4. The molecule has 7 heteroatoms. The summed E-state index contributed by atoms with van der Waals surface area (Å²) in [5.41, 5.74) is 0.699. The number of aromatic nitrogens is 3. The minimum Gasteiger partial charge on any atom is -0.343 e. The first-order valence-electron chi connectivity index (χ1n) is 7.86. The van der Waals surface area contributed by atoms with Crippen LogP contribution in [0.1, 0.15) is 19.2 Å². The molecule has 0 spiro atoms. The number of carbonyl (C=O) groups is 1. The fraction of sp³-hybridized carbons (Fsp3) is 0.500. The van der Waals surface area contributed by atoms with E-state index < -0.39 is 0 Å². The maximum Gasteiger partial charge on any atom is 0.241 e. The highest BCUT2D eigenvalue weighted by atomic mass is 16.5. The average Bonchev–Trinajstić information content (AvgIpc) is 3.14. The number of hydrogen-bond acceptors (Lipinski definition) is 6. The second-order valence-electron chi connectivity index (χ2n) is 5.93. The van der Waals surface area contributed by atoms with Crippen molar-refractivity contribution in [3.8, 4) is 11.5 Å². The summed E-state index contributed by atoms with van der Waals surface area (Å²) >= 11 is 0. The van der Waals surface area contributed by atoms with Crippen LogP contribution in [0.2, 0.25) is 0 Å². The van der Waals surface area contributed by atoms with Crippen LogP contribution in [0.15, 0.2) is 28.9 Å². The largest absolute Gasteiger partial charge is 0.343 e. The molecule has 0 aliphatic carbocycles. The van der Waals surface area contributed by atoms with Crippen molar-refractivity contribution in [2.75, 3.05) is 26.7 Å². The molecule has 1 amide bonds. The van der Waals surface area contributed by atoms with E-state index >= 15 is 0 Å². The summed E-state index contributed by atoms with van der Waals surface area (Å²) in [7, 11) is 2.00. The third kappa shape index (κ3) is 3.73. The third-order valence-electron chi connectivity index (χ3n) is 4.01. The van der Waals surface area contributed by atoms with Crippen LogP contribution in [0.3, 0.4) is 0 Å². The van der Waals surface area contributed by atoms with Crippen molar-refractivity contribution in [2.45, 2.75) is 19.9 Å². The summed E-state index contributed by atoms with van der Waals surface area (Å²) in [5, 5.41) is 3.97. The van der Waals surface area contributed by atoms with Crippen LogP contribution in [-0.4, -0.2) is 57.5 Å². The molecule has 7 nitrogen and oxygen atoms in total. The van der Waals surface area contributed by atoms with Gasteiger partial charge in [-0.2, -0.15) is 4.98 Å². The fourth-order valence-electron chi connectivity index (χ4n) is 2.94. The molecular formula is C16H21N5O2. The molecule has 0 bridgehead atoms. The summed E-state index contributed by atoms with van der Waals surface area (Å²) < 4.78 is 5.30. The molecule has 1 saturated heterocycles. The van der Waals surface area contributed by atoms with Crippen LogP contribution in [0, 0.1) is 5.92 Å². The van der Waals surface area contributed by atoms with Gasteiger partial charge in [0.15, 0.2) is 0 Å². The van der Waals surface area contributed by atoms with Gasteiger partial charge in [-0.1, -0.05) is 11.2 Å². The Balaban J connectivity index is 1.56. The molecular weight excluding hydrogens is 294 g/mol. The average molecular weight is 315 g/mol. The number of carbonyl (C=O) groups excluding carboxylic acids is 1. The zero-order valence-corrected chi connectivity index (χ0v) is 13.5. The van der Waals surface area contributed by atoms with Gasteiger partial charge in [0, 0.05) is 32.3 Å². The summed E-state index contributed by atoms with van der Waals surface area (Å²) in [6.07, 6.45) is 2.33. The predicted octanol–water partition coefficient (Wildman–Crippen LogP) is 1.43. The Bertz CT molecular complexity index is 658. The highest BCUT2D eigenvalue weighted by molar-refractivity contribution is 5.78. The van der Waals surface area contributed by atoms with E-state index in [1.165, 1.54) is 0 Å². The van der Waals surface area contributed by atoms with Crippen molar-refractivity contribution in [3.05, 3.63) is 30.3 Å². The van der Waals surface area contributed by atoms with Gasteiger partial charge in [0.2, 0.25) is 17.6 Å². The summed E-state index contributed by atoms with van der Waals surface area (Å²) in [6, 6.07) is 5.59. The number of hydrogen-bond donors (Lipinski definition) is 0. The van der Waals surface area contributed by atoms with Gasteiger partial charge in [0.25, 0.3) is 0 Å². The molecule has 1 aliphatic rings. The maximum atomic E-state index is 11.8. The Morgan fingerprint density at radius 3 is 3.00 bits per heavy atom. The van der Waals surface area contributed by atoms with Gasteiger partial charge in [-0.15, -0.1) is 0 Å². The fourth-order valence-corrected chi connectivity index (χ4v) is 2.94. The van der Waals surface area contributed by atoms with E-state index in [4.69, 9.17) is 4.52 Å². The van der Waals surface area contributed by atoms with E-state index in [0.29, 0.717) is 36.3 Å². The molecule has 0 aromatic carbocycles. The van der Waals surface area contributed by atoms with Gasteiger partial charge >= 0.3 is 0 Å². The van der Waals surface area contributed by atoms with Gasteiger partial charge in [0.1, 0.15) is 5.69 Å². The van der Waals surface area contributed by atoms with Gasteiger partial charge in [-0.3, -0.25) is 14.7 Å². The van der Waals surface area contributed by atoms with Crippen LogP contribution in [0.25, 0.3) is 11.5 Å². The molecule has 0 N–H and O–H groups in total. The first-order chi connectivity index (χ1) is 11.2. The molecule has 3 heterocycles. The highest BCUT2D eigenvalue weighted by Crippen LogP contribution is 2.19. The number of rotatable bonds is 6. The minimum absolute atomic E-state index is 0.251. The molecule has 2 aromatic rings. The molecule has 122 valence electrons. The zero-order valence-electron chi connectivity index (χ0n) is 13.5. The Hall–Kier alpha value is -2.28. The first kappa shape index (κ1) is 15.6. The Labute approximate surface area is 135 Å². The first-order valence-corrected chi connectivity index (χ1v) is 7.86. The lowest BCUT2D eigenvalue weighted by molar-refractivity contribution is -0.127. The molecule has 0 saturated carbocycles. The van der Waals surface area contributed by atoms with E-state index in [1.807, 2.05) is 37.1 Å². The second-order valence-corrected chi connectivity index (χ2v) is 5.93. The summed E-state index contributed by atoms with van der Waals surface area (Å²) in [6.45, 7) is 5.04. The standard InChI is InChI=1S/C16H21N5O2/c1-3-21-10-12(8-15(21)22)9-20(2)11-14-18-16(19-23-14)13-6-4-5-7-17-13/h4-7,12H,3,8-11H2,1-2H3/t12-/m0/s1. The number of likely N-dealkylation sites (tertiary alicyclic amines) is 1. The van der Waals surface area contributed by atoms with E-state index in [0.717, 1.165) is 19.6 Å². The van der Waals surface area contributed by atoms with Gasteiger partial charge in [-0.05, 0) is 32.0 Å². The summed E-state index contributed by atoms with van der Waals surface area (Å²) in [5.74, 6) is 1.68. The van der Waals surface area contributed by atoms with Gasteiger partial charge in [0.05, 0.1) is 6.54 Å². The topological polar surface area (TPSA) is 75.4 Å². The SMILES string of the molecule is CCN1C[C@H](CN(C)Cc2nc(-c3ccccn3)no2)CC1=O. The lowest BCUT2D eigenvalue weighted by atomic mass is 10.1. The molecule has 1 atom stereocenters. The van der Waals surface area contributed by atoms with E-state index in [2.05, 4.69) is 20.0 Å². The van der Waals surface area contributed by atoms with Crippen molar-refractivity contribution in [3.63, 3.8) is 0 Å². The minimum atomic E-state index is 0.251. The second kappa shape index (κ2) is 6.87. The quantitative estimate of drug-likeness (QED) is 0.803. The number of amides is 1. The van der Waals surface area contributed by atoms with Crippen molar-refractivity contribution >= 4 is 5.91 Å². The van der Waals surface area contributed by atoms with Gasteiger partial charge < -0.3 is 9.42 Å². The van der Waals surface area contributed by atoms with Crippen molar-refractivity contribution in [2.24, 2.45) is 5.92 Å². The van der Waals surface area contributed by atoms with Crippen molar-refractivity contribution in [1.29, 1.82) is 0 Å². The van der Waals surface area contributed by atoms with Crippen LogP contribution in [0.4, 0.5) is 0 Å². The zero-order chi connectivity index (χ0) is 16.2. The maximum absolute atomic E-state index is 11.8. The monoisotopic (exact) mass is 315 g/mol. The number of pyridine rings is 1. The van der Waals surface area contributed by atoms with E-state index in [1.54, 1.807) is 6.20 Å². The Morgan fingerprint density at radius 1 is 1.43 bits per heavy atom. The molecule has 23 heavy (non-hydrogen) atoms. The van der Waals surface area contributed by atoms with Crippen LogP contribution in [0.5, 0.6) is 0 Å². The molecule has 0 radical (unpaired) electrons. The highest BCUT2D eigenvalue weighted by Gasteiger charge is 2.29. The Kier molecular flexibility index (Phi) is 4.66. The van der Waals surface area contributed by atoms with Crippen LogP contribution >= 0.6 is 0 Å². The lowest BCUT2D eigenvalue weighted by Crippen LogP contribution is -2.28. The number of nitrogens with zero attached hydrogens (tertiary/aromatic N) is 5. The normalized spacial score (nSPS) is 18.1. The molecule has 0 unspecified atom stereocenters. The predicted molar refractivity (Wildman–Crippen MR) is 84.2 cm³/mol. The van der Waals surface area contributed by atoms with Crippen molar-refractivity contribution < 1.29 is 9.32 Å². The van der Waals surface area contributed by atoms with Gasteiger partial charge in [-0.25, -0.2) is 0 Å². The van der Waals surface area contributed by atoms with Crippen LogP contribution < -0.4 is 0 Å². The molecule has 2 aromatic heterocycles. The van der Waals surface area contributed by atoms with E-state index in [9.17, 15) is 4.79 Å². The molecule has 1 fully saturated rings. The Morgan fingerprint density at radius 2 is 2.30 bits per heavy atom. The lowest BCUT2D eigenvalue weighted by Gasteiger charge is -2.19. The molecule has 3 rings (SSSR count). The smallest absolute Gasteiger partial charge is 0.241 e.